The number of anilines is 1. The molecule has 1 aliphatic rings. The number of aryl methyl sites for hydroxylation is 1. The summed E-state index contributed by atoms with van der Waals surface area (Å²) in [5.41, 5.74) is 3.77. The normalized spacial score (nSPS) is 16.0. The Kier molecular flexibility index (Phi) is 7.21. The fourth-order valence-electron chi connectivity index (χ4n) is 3.84. The lowest BCUT2D eigenvalue weighted by molar-refractivity contribution is 0.0939. The molecule has 162 valence electrons. The third-order valence-electron chi connectivity index (χ3n) is 5.81. The van der Waals surface area contributed by atoms with E-state index in [2.05, 4.69) is 28.2 Å². The van der Waals surface area contributed by atoms with Gasteiger partial charge in [-0.3, -0.25) is 4.79 Å². The lowest BCUT2D eigenvalue weighted by Gasteiger charge is -2.24. The van der Waals surface area contributed by atoms with E-state index in [1.165, 1.54) is 0 Å². The molecule has 0 aromatic heterocycles. The van der Waals surface area contributed by atoms with E-state index < -0.39 is 0 Å². The molecule has 1 aliphatic heterocycles. The number of carbonyl (C=O) groups is 1. The predicted octanol–water partition coefficient (Wildman–Crippen LogP) is 3.65. The second-order valence-corrected chi connectivity index (χ2v) is 7.95. The van der Waals surface area contributed by atoms with E-state index in [9.17, 15) is 4.79 Å². The van der Waals surface area contributed by atoms with Crippen LogP contribution < -0.4 is 19.7 Å². The average Bonchev–Trinajstić information content (AvgIpc) is 2.97. The molecule has 0 radical (unpaired) electrons. The van der Waals surface area contributed by atoms with Crippen LogP contribution in [0.15, 0.2) is 36.4 Å². The number of likely N-dealkylation sites (N-methyl/N-ethyl adjacent to an activating group) is 1. The van der Waals surface area contributed by atoms with Gasteiger partial charge in [0.15, 0.2) is 11.5 Å². The van der Waals surface area contributed by atoms with Crippen molar-refractivity contribution >= 4 is 11.6 Å². The number of carbonyl (C=O) groups excluding carboxylic acids is 1. The lowest BCUT2D eigenvalue weighted by Crippen LogP contribution is -2.30. The van der Waals surface area contributed by atoms with Gasteiger partial charge in [0.1, 0.15) is 0 Å². The molecule has 1 heterocycles. The van der Waals surface area contributed by atoms with Crippen molar-refractivity contribution < 1.29 is 14.3 Å². The van der Waals surface area contributed by atoms with Gasteiger partial charge in [-0.05, 0) is 69.3 Å². The predicted molar refractivity (Wildman–Crippen MR) is 121 cm³/mol. The van der Waals surface area contributed by atoms with Gasteiger partial charge in [0.25, 0.3) is 5.91 Å². The summed E-state index contributed by atoms with van der Waals surface area (Å²) in [6.45, 7) is 8.09. The van der Waals surface area contributed by atoms with Crippen LogP contribution >= 0.6 is 0 Å². The van der Waals surface area contributed by atoms with Crippen LogP contribution in [-0.4, -0.2) is 58.3 Å². The maximum Gasteiger partial charge on any atom is 0.252 e. The third-order valence-corrected chi connectivity index (χ3v) is 5.81. The molecule has 3 rings (SSSR count). The van der Waals surface area contributed by atoms with Crippen LogP contribution in [0.25, 0.3) is 0 Å². The first-order chi connectivity index (χ1) is 14.4. The molecule has 0 aliphatic carbocycles. The molecule has 6 nitrogen and oxygen atoms in total. The monoisotopic (exact) mass is 411 g/mol. The smallest absolute Gasteiger partial charge is 0.252 e. The summed E-state index contributed by atoms with van der Waals surface area (Å²) in [5, 5.41) is 3.13. The summed E-state index contributed by atoms with van der Waals surface area (Å²) in [4.78, 5) is 17.8. The highest BCUT2D eigenvalue weighted by Gasteiger charge is 2.18. The number of nitrogens with one attached hydrogen (secondary N) is 1. The minimum absolute atomic E-state index is 0.0661. The molecule has 1 atom stereocenters. The molecule has 1 fully saturated rings. The van der Waals surface area contributed by atoms with Gasteiger partial charge in [-0.1, -0.05) is 12.1 Å². The van der Waals surface area contributed by atoms with Gasteiger partial charge in [-0.2, -0.15) is 0 Å². The number of hydrogen-bond acceptors (Lipinski definition) is 5. The Morgan fingerprint density at radius 2 is 1.77 bits per heavy atom. The SMILES string of the molecule is COc1ccc([C@@H](C)NC(=O)c2cc(N3CCCN(C)CC3)ccc2C)cc1OC. The van der Waals surface area contributed by atoms with Gasteiger partial charge < -0.3 is 24.6 Å². The lowest BCUT2D eigenvalue weighted by atomic mass is 10.0. The molecule has 0 bridgehead atoms. The van der Waals surface area contributed by atoms with Crippen LogP contribution in [0.5, 0.6) is 11.5 Å². The molecule has 0 unspecified atom stereocenters. The van der Waals surface area contributed by atoms with Crippen molar-refractivity contribution in [3.63, 3.8) is 0 Å². The van der Waals surface area contributed by atoms with E-state index in [1.807, 2.05) is 44.2 Å². The molecular formula is C24H33N3O3. The van der Waals surface area contributed by atoms with Crippen molar-refractivity contribution in [3.8, 4) is 11.5 Å². The Morgan fingerprint density at radius 3 is 2.50 bits per heavy atom. The molecule has 1 saturated heterocycles. The molecule has 1 N–H and O–H groups in total. The third kappa shape index (κ3) is 5.05. The molecule has 0 saturated carbocycles. The Balaban J connectivity index is 1.76. The summed E-state index contributed by atoms with van der Waals surface area (Å²) in [5.74, 6) is 1.26. The number of ether oxygens (including phenoxy) is 2. The van der Waals surface area contributed by atoms with Gasteiger partial charge in [0, 0.05) is 30.9 Å². The number of methoxy groups -OCH3 is 2. The van der Waals surface area contributed by atoms with Crippen molar-refractivity contribution in [1.29, 1.82) is 0 Å². The molecule has 30 heavy (non-hydrogen) atoms. The summed E-state index contributed by atoms with van der Waals surface area (Å²) in [6, 6.07) is 11.7. The van der Waals surface area contributed by atoms with Crippen molar-refractivity contribution in [2.45, 2.75) is 26.3 Å². The number of hydrogen-bond donors (Lipinski definition) is 1. The highest BCUT2D eigenvalue weighted by Crippen LogP contribution is 2.30. The minimum atomic E-state index is -0.160. The minimum Gasteiger partial charge on any atom is -0.493 e. The van der Waals surface area contributed by atoms with Crippen molar-refractivity contribution in [3.05, 3.63) is 53.1 Å². The fraction of sp³-hybridized carbons (Fsp3) is 0.458. The zero-order valence-electron chi connectivity index (χ0n) is 18.7. The van der Waals surface area contributed by atoms with E-state index in [0.717, 1.165) is 55.0 Å². The molecular weight excluding hydrogens is 378 g/mol. The van der Waals surface area contributed by atoms with E-state index in [1.54, 1.807) is 14.2 Å². The highest BCUT2D eigenvalue weighted by molar-refractivity contribution is 5.96. The zero-order chi connectivity index (χ0) is 21.7. The Bertz CT molecular complexity index is 884. The number of nitrogens with zero attached hydrogens (tertiary/aromatic N) is 2. The number of rotatable bonds is 6. The van der Waals surface area contributed by atoms with Gasteiger partial charge in [-0.25, -0.2) is 0 Å². The average molecular weight is 412 g/mol. The maximum absolute atomic E-state index is 13.1. The van der Waals surface area contributed by atoms with E-state index in [0.29, 0.717) is 11.5 Å². The number of benzene rings is 2. The summed E-state index contributed by atoms with van der Waals surface area (Å²) in [6.07, 6.45) is 1.13. The van der Waals surface area contributed by atoms with E-state index in [-0.39, 0.29) is 11.9 Å². The van der Waals surface area contributed by atoms with Crippen LogP contribution in [0.1, 0.15) is 40.9 Å². The summed E-state index contributed by atoms with van der Waals surface area (Å²) >= 11 is 0. The fourth-order valence-corrected chi connectivity index (χ4v) is 3.84. The maximum atomic E-state index is 13.1. The van der Waals surface area contributed by atoms with Crippen LogP contribution in [0.2, 0.25) is 0 Å². The Hall–Kier alpha value is -2.73. The zero-order valence-corrected chi connectivity index (χ0v) is 18.7. The van der Waals surface area contributed by atoms with Crippen LogP contribution in [0.3, 0.4) is 0 Å². The molecule has 0 spiro atoms. The first kappa shape index (κ1) is 22.0. The van der Waals surface area contributed by atoms with Gasteiger partial charge in [0.05, 0.1) is 20.3 Å². The molecule has 2 aromatic carbocycles. The van der Waals surface area contributed by atoms with Gasteiger partial charge in [-0.15, -0.1) is 0 Å². The quantitative estimate of drug-likeness (QED) is 0.786. The van der Waals surface area contributed by atoms with Crippen molar-refractivity contribution in [2.24, 2.45) is 0 Å². The molecule has 6 heteroatoms. The van der Waals surface area contributed by atoms with Crippen molar-refractivity contribution in [1.82, 2.24) is 10.2 Å². The van der Waals surface area contributed by atoms with Gasteiger partial charge in [0.2, 0.25) is 0 Å². The number of amides is 1. The van der Waals surface area contributed by atoms with E-state index in [4.69, 9.17) is 9.47 Å². The first-order valence-corrected chi connectivity index (χ1v) is 10.5. The van der Waals surface area contributed by atoms with Gasteiger partial charge >= 0.3 is 0 Å². The molecule has 2 aromatic rings. The Labute approximate surface area is 179 Å². The van der Waals surface area contributed by atoms with Crippen LogP contribution in [0.4, 0.5) is 5.69 Å². The molecule has 1 amide bonds. The van der Waals surface area contributed by atoms with Crippen LogP contribution in [0, 0.1) is 6.92 Å². The van der Waals surface area contributed by atoms with E-state index >= 15 is 0 Å². The summed E-state index contributed by atoms with van der Waals surface area (Å²) < 4.78 is 10.7. The highest BCUT2D eigenvalue weighted by atomic mass is 16.5. The van der Waals surface area contributed by atoms with Crippen LogP contribution in [-0.2, 0) is 0 Å². The second kappa shape index (κ2) is 9.85. The topological polar surface area (TPSA) is 54.0 Å². The summed E-state index contributed by atoms with van der Waals surface area (Å²) in [7, 11) is 5.38. The standard InChI is InChI=1S/C24H33N3O3/c1-17-7-9-20(27-12-6-11-26(3)13-14-27)16-21(17)24(28)25-18(2)19-8-10-22(29-4)23(15-19)30-5/h7-10,15-16,18H,6,11-14H2,1-5H3,(H,25,28)/t18-/m1/s1. The first-order valence-electron chi connectivity index (χ1n) is 10.5. The largest absolute Gasteiger partial charge is 0.493 e. The second-order valence-electron chi connectivity index (χ2n) is 7.95. The Morgan fingerprint density at radius 1 is 1.00 bits per heavy atom. The van der Waals surface area contributed by atoms with Crippen molar-refractivity contribution in [2.75, 3.05) is 52.3 Å².